The molecule has 1 fully saturated rings. The molecule has 1 N–H and O–H groups in total. The van der Waals surface area contributed by atoms with Gasteiger partial charge in [0.1, 0.15) is 17.3 Å². The minimum atomic E-state index is -5.21. The van der Waals surface area contributed by atoms with Crippen LogP contribution in [0.25, 0.3) is 28.2 Å². The highest BCUT2D eigenvalue weighted by Crippen LogP contribution is 2.42. The van der Waals surface area contributed by atoms with Gasteiger partial charge in [0.15, 0.2) is 11.2 Å². The first-order valence-corrected chi connectivity index (χ1v) is 10.8. The van der Waals surface area contributed by atoms with Crippen LogP contribution in [0.4, 0.5) is 23.4 Å². The number of carbonyl (C=O) groups excluding carboxylic acids is 2. The molecule has 12 heteroatoms. The summed E-state index contributed by atoms with van der Waals surface area (Å²) in [6.45, 7) is 1.63. The SMILES string of the molecule is Cc1cc(-c2nc3cccnn3c2-c2ccnc(NC(=O)C3(OC(=O)C(F)(F)F)CC3)c2)ccc1F. The zero-order valence-electron chi connectivity index (χ0n) is 18.6. The predicted molar refractivity (Wildman–Crippen MR) is 119 cm³/mol. The summed E-state index contributed by atoms with van der Waals surface area (Å²) >= 11 is 0. The number of esters is 1. The van der Waals surface area contributed by atoms with E-state index in [1.807, 2.05) is 0 Å². The molecule has 184 valence electrons. The number of halogens is 4. The van der Waals surface area contributed by atoms with E-state index >= 15 is 0 Å². The van der Waals surface area contributed by atoms with Crippen molar-refractivity contribution in [1.29, 1.82) is 0 Å². The van der Waals surface area contributed by atoms with E-state index in [1.165, 1.54) is 18.3 Å². The first-order valence-electron chi connectivity index (χ1n) is 10.8. The number of fused-ring (bicyclic) bond motifs is 1. The Balaban J connectivity index is 1.50. The minimum absolute atomic E-state index is 0.0268. The van der Waals surface area contributed by atoms with E-state index in [9.17, 15) is 27.2 Å². The second-order valence-corrected chi connectivity index (χ2v) is 8.33. The van der Waals surface area contributed by atoms with Gasteiger partial charge in [-0.3, -0.25) is 4.79 Å². The Morgan fingerprint density at radius 3 is 2.56 bits per heavy atom. The molecule has 1 amide bonds. The van der Waals surface area contributed by atoms with E-state index in [0.29, 0.717) is 33.7 Å². The van der Waals surface area contributed by atoms with Gasteiger partial charge in [0.2, 0.25) is 0 Å². The summed E-state index contributed by atoms with van der Waals surface area (Å²) in [6, 6.07) is 11.2. The Kier molecular flexibility index (Phi) is 5.46. The molecule has 8 nitrogen and oxygen atoms in total. The van der Waals surface area contributed by atoms with Gasteiger partial charge in [-0.15, -0.1) is 0 Å². The van der Waals surface area contributed by atoms with Gasteiger partial charge in [0.05, 0.1) is 5.69 Å². The van der Waals surface area contributed by atoms with E-state index in [-0.39, 0.29) is 24.5 Å². The van der Waals surface area contributed by atoms with Gasteiger partial charge in [-0.2, -0.15) is 18.3 Å². The fraction of sp³-hybridized carbons (Fsp3) is 0.208. The number of anilines is 1. The largest absolute Gasteiger partial charge is 0.490 e. The second kappa shape index (κ2) is 8.40. The number of alkyl halides is 3. The van der Waals surface area contributed by atoms with E-state index < -0.39 is 23.7 Å². The van der Waals surface area contributed by atoms with Gasteiger partial charge in [0, 0.05) is 36.4 Å². The number of aryl methyl sites for hydroxylation is 1. The minimum Gasteiger partial charge on any atom is -0.442 e. The number of amides is 1. The highest BCUT2D eigenvalue weighted by Gasteiger charge is 2.58. The molecule has 5 rings (SSSR count). The lowest BCUT2D eigenvalue weighted by Gasteiger charge is -2.17. The standard InChI is InChI=1S/C24H17F4N5O3/c1-13-11-14(4-5-16(13)25)19-20(33-18(32-19)3-2-9-30-33)15-6-10-29-17(12-15)31-21(34)23(7-8-23)36-22(35)24(26,27)28/h2-6,9-12H,7-8H2,1H3,(H,29,31,34). The van der Waals surface area contributed by atoms with Crippen LogP contribution in [0, 0.1) is 12.7 Å². The summed E-state index contributed by atoms with van der Waals surface area (Å²) in [7, 11) is 0. The van der Waals surface area contributed by atoms with Gasteiger partial charge >= 0.3 is 12.1 Å². The third-order valence-electron chi connectivity index (χ3n) is 5.74. The molecule has 1 saturated carbocycles. The normalized spacial score (nSPS) is 14.5. The van der Waals surface area contributed by atoms with Crippen molar-refractivity contribution in [3.05, 3.63) is 66.2 Å². The number of hydrogen-bond acceptors (Lipinski definition) is 6. The maximum absolute atomic E-state index is 13.9. The average molecular weight is 499 g/mol. The van der Waals surface area contributed by atoms with E-state index in [0.717, 1.165) is 0 Å². The molecule has 4 aromatic rings. The predicted octanol–water partition coefficient (Wildman–Crippen LogP) is 4.48. The quantitative estimate of drug-likeness (QED) is 0.321. The first-order chi connectivity index (χ1) is 17.1. The van der Waals surface area contributed by atoms with Crippen molar-refractivity contribution in [3.63, 3.8) is 0 Å². The number of rotatable bonds is 5. The molecule has 3 aromatic heterocycles. The van der Waals surface area contributed by atoms with Crippen LogP contribution in [0.15, 0.2) is 54.9 Å². The number of carbonyl (C=O) groups is 2. The summed E-state index contributed by atoms with van der Waals surface area (Å²) in [5.74, 6) is -3.67. The molecule has 0 atom stereocenters. The topological polar surface area (TPSA) is 98.5 Å². The van der Waals surface area contributed by atoms with Crippen LogP contribution in [0.1, 0.15) is 18.4 Å². The molecule has 1 aromatic carbocycles. The van der Waals surface area contributed by atoms with Gasteiger partial charge in [-0.25, -0.2) is 23.7 Å². The smallest absolute Gasteiger partial charge is 0.442 e. The average Bonchev–Trinajstić information content (AvgIpc) is 3.51. The molecule has 0 saturated heterocycles. The number of ether oxygens (including phenoxy) is 1. The van der Waals surface area contributed by atoms with Crippen molar-refractivity contribution in [1.82, 2.24) is 19.6 Å². The Hall–Kier alpha value is -4.35. The number of benzene rings is 1. The highest BCUT2D eigenvalue weighted by atomic mass is 19.4. The lowest BCUT2D eigenvalue weighted by Crippen LogP contribution is -2.39. The number of nitrogens with one attached hydrogen (secondary N) is 1. The molecular formula is C24H17F4N5O3. The van der Waals surface area contributed by atoms with E-state index in [4.69, 9.17) is 0 Å². The third-order valence-corrected chi connectivity index (χ3v) is 5.74. The Bertz CT molecular complexity index is 1510. The molecule has 1 aliphatic rings. The molecule has 0 aliphatic heterocycles. The zero-order chi connectivity index (χ0) is 25.7. The summed E-state index contributed by atoms with van der Waals surface area (Å²) in [5.41, 5.74) is 1.24. The Labute approximate surface area is 200 Å². The van der Waals surface area contributed by atoms with Crippen molar-refractivity contribution >= 4 is 23.3 Å². The molecule has 1 aliphatic carbocycles. The molecule has 0 spiro atoms. The van der Waals surface area contributed by atoms with Crippen molar-refractivity contribution in [2.45, 2.75) is 31.5 Å². The van der Waals surface area contributed by atoms with Crippen LogP contribution >= 0.6 is 0 Å². The van der Waals surface area contributed by atoms with E-state index in [1.54, 1.807) is 48.0 Å². The van der Waals surface area contributed by atoms with E-state index in [2.05, 4.69) is 25.1 Å². The first kappa shape index (κ1) is 23.4. The van der Waals surface area contributed by atoms with Crippen molar-refractivity contribution in [2.75, 3.05) is 5.32 Å². The number of aromatic nitrogens is 4. The summed E-state index contributed by atoms with van der Waals surface area (Å²) < 4.78 is 57.7. The Morgan fingerprint density at radius 2 is 1.86 bits per heavy atom. The monoisotopic (exact) mass is 499 g/mol. The molecular weight excluding hydrogens is 482 g/mol. The van der Waals surface area contributed by atoms with Crippen LogP contribution in [0.2, 0.25) is 0 Å². The number of hydrogen-bond donors (Lipinski definition) is 1. The van der Waals surface area contributed by atoms with Crippen molar-refractivity contribution in [3.8, 4) is 22.5 Å². The Morgan fingerprint density at radius 1 is 1.08 bits per heavy atom. The molecule has 3 heterocycles. The lowest BCUT2D eigenvalue weighted by molar-refractivity contribution is -0.206. The number of pyridine rings is 1. The van der Waals surface area contributed by atoms with Gasteiger partial charge in [-0.05, 0) is 55.0 Å². The lowest BCUT2D eigenvalue weighted by atomic mass is 10.0. The molecule has 36 heavy (non-hydrogen) atoms. The molecule has 0 bridgehead atoms. The second-order valence-electron chi connectivity index (χ2n) is 8.33. The van der Waals surface area contributed by atoms with Gasteiger partial charge in [0.25, 0.3) is 5.91 Å². The highest BCUT2D eigenvalue weighted by molar-refractivity contribution is 6.00. The van der Waals surface area contributed by atoms with Gasteiger partial charge in [-0.1, -0.05) is 0 Å². The number of imidazole rings is 1. The number of nitrogens with zero attached hydrogens (tertiary/aromatic N) is 4. The van der Waals surface area contributed by atoms with Crippen molar-refractivity contribution in [2.24, 2.45) is 0 Å². The van der Waals surface area contributed by atoms with Crippen molar-refractivity contribution < 1.29 is 31.9 Å². The summed E-state index contributed by atoms with van der Waals surface area (Å²) in [6.07, 6.45) is -2.32. The third kappa shape index (κ3) is 4.25. The molecule has 0 radical (unpaired) electrons. The maximum Gasteiger partial charge on any atom is 0.490 e. The summed E-state index contributed by atoms with van der Waals surface area (Å²) in [5, 5.41) is 6.78. The van der Waals surface area contributed by atoms with Gasteiger partial charge < -0.3 is 10.1 Å². The summed E-state index contributed by atoms with van der Waals surface area (Å²) in [4.78, 5) is 32.6. The van der Waals surface area contributed by atoms with Crippen LogP contribution in [0.5, 0.6) is 0 Å². The zero-order valence-corrected chi connectivity index (χ0v) is 18.6. The molecule has 0 unspecified atom stereocenters. The van der Waals surface area contributed by atoms with Crippen LogP contribution in [-0.4, -0.2) is 43.2 Å². The fourth-order valence-electron chi connectivity index (χ4n) is 3.74. The fourth-order valence-corrected chi connectivity index (χ4v) is 3.74. The maximum atomic E-state index is 13.9. The van der Waals surface area contributed by atoms with Crippen LogP contribution in [-0.2, 0) is 14.3 Å². The van der Waals surface area contributed by atoms with Crippen LogP contribution in [0.3, 0.4) is 0 Å². The van der Waals surface area contributed by atoms with Crippen LogP contribution < -0.4 is 5.32 Å².